The van der Waals surface area contributed by atoms with Crippen molar-refractivity contribution in [3.8, 4) is 102 Å². The average Bonchev–Trinajstić information content (AvgIpc) is 1.26. The van der Waals surface area contributed by atoms with Gasteiger partial charge in [-0.1, -0.05) is 115 Å². The van der Waals surface area contributed by atoms with Crippen molar-refractivity contribution in [3.05, 3.63) is 375 Å². The molecule has 2 heterocycles. The number of hydrogen-bond donors (Lipinski definition) is 7. The van der Waals surface area contributed by atoms with Gasteiger partial charge < -0.3 is 78.8 Å². The number of nitrogens with two attached hydrogens (primary N) is 1. The van der Waals surface area contributed by atoms with Crippen LogP contribution < -0.4 is 39.6 Å². The Bertz CT molecular complexity index is 6950. The average molecular weight is 2230 g/mol. The number of methoxy groups -OCH3 is 9. The van der Waals surface area contributed by atoms with Crippen LogP contribution in [0.3, 0.4) is 0 Å². The number of halogens is 3. The number of ether oxygens (including phenoxy) is 9. The fourth-order valence-corrected chi connectivity index (χ4v) is 13.4. The van der Waals surface area contributed by atoms with Crippen molar-refractivity contribution in [2.75, 3.05) is 69.7 Å². The van der Waals surface area contributed by atoms with Gasteiger partial charge in [0.2, 0.25) is 0 Å². The molecule has 0 aliphatic heterocycles. The van der Waals surface area contributed by atoms with E-state index in [1.165, 1.54) is 131 Å². The van der Waals surface area contributed by atoms with Crippen molar-refractivity contribution in [2.24, 2.45) is 0 Å². The number of nitrogen functional groups attached to an aromatic ring is 1. The van der Waals surface area contributed by atoms with E-state index in [1.54, 1.807) is 137 Å². The number of anilines is 1. The molecule has 0 aliphatic rings. The van der Waals surface area contributed by atoms with Gasteiger partial charge in [-0.05, 0) is 187 Å². The second kappa shape index (κ2) is 57.2. The minimum absolute atomic E-state index is 0.0707. The molecule has 48 heteroatoms. The number of benzene rings is 13. The molecule has 43 nitrogen and oxygen atoms in total. The van der Waals surface area contributed by atoms with Crippen LogP contribution in [0, 0.1) is 44.0 Å². The van der Waals surface area contributed by atoms with Gasteiger partial charge in [0, 0.05) is 91.1 Å². The fourth-order valence-electron chi connectivity index (χ4n) is 12.7. The Morgan fingerprint density at radius 1 is 0.340 bits per heavy atom. The van der Waals surface area contributed by atoms with E-state index < -0.39 is 87.5 Å². The molecule has 0 saturated carbocycles. The molecule has 2 aromatic heterocycles. The molecule has 740 valence electrons. The van der Waals surface area contributed by atoms with Crippen molar-refractivity contribution in [2.45, 2.75) is 0 Å². The topological polar surface area (TPSA) is 610 Å². The van der Waals surface area contributed by atoms with E-state index in [0.29, 0.717) is 93.8 Å². The van der Waals surface area contributed by atoms with Crippen LogP contribution in [0.15, 0.2) is 292 Å². The summed E-state index contributed by atoms with van der Waals surface area (Å²) in [6.07, 6.45) is 2.87. The second-order valence-corrected chi connectivity index (χ2v) is 33.6. The Kier molecular flexibility index (Phi) is 45.1. The van der Waals surface area contributed by atoms with E-state index in [4.69, 9.17) is 86.8 Å². The molecule has 0 atom stereocenters. The third kappa shape index (κ3) is 33.4. The number of carbonyl (C=O) groups is 7. The first kappa shape index (κ1) is 114. The van der Waals surface area contributed by atoms with Crippen molar-refractivity contribution in [1.29, 1.82) is 0 Å². The number of non-ortho nitro benzene ring substituents is 4. The first-order valence-corrected chi connectivity index (χ1v) is 49.0. The summed E-state index contributed by atoms with van der Waals surface area (Å²) in [4.78, 5) is 119. The number of carboxylic acid groups (broad SMARTS) is 4. The first-order chi connectivity index (χ1) is 68.9. The fraction of sp³-hybridized carbons (Fsp3) is 0.0938. The zero-order valence-electron chi connectivity index (χ0n) is 76.8. The number of aromatic nitrogens is 8. The van der Waals surface area contributed by atoms with Crippen LogP contribution in [0.1, 0.15) is 72.5 Å². The summed E-state index contributed by atoms with van der Waals surface area (Å²) in [6, 6.07) is 75.1. The number of carbonyl (C=O) groups excluding carboxylic acids is 3. The van der Waals surface area contributed by atoms with Gasteiger partial charge in [0.1, 0.15) is 47.2 Å². The van der Waals surface area contributed by atoms with E-state index in [9.17, 15) is 79.1 Å². The number of para-hydroxylation sites is 6. The summed E-state index contributed by atoms with van der Waals surface area (Å²) in [5, 5.41) is 118. The van der Waals surface area contributed by atoms with Crippen LogP contribution in [0.4, 0.5) is 28.4 Å². The van der Waals surface area contributed by atoms with E-state index >= 15 is 0 Å². The van der Waals surface area contributed by atoms with Gasteiger partial charge in [0.25, 0.3) is 22.7 Å². The van der Waals surface area contributed by atoms with Crippen molar-refractivity contribution < 1.29 is 126 Å². The number of rotatable bonds is 25. The van der Waals surface area contributed by atoms with Gasteiger partial charge in [-0.15, -0.1) is 10.2 Å². The maximum absolute atomic E-state index is 12.0. The summed E-state index contributed by atoms with van der Waals surface area (Å²) in [6.45, 7) is 0. The molecular weight excluding hydrogens is 2140 g/mol. The van der Waals surface area contributed by atoms with Gasteiger partial charge in [-0.2, -0.15) is 0 Å². The van der Waals surface area contributed by atoms with Crippen LogP contribution in [-0.2, 0) is 14.2 Å². The number of nitro groups is 4. The van der Waals surface area contributed by atoms with Crippen LogP contribution in [-0.4, -0.2) is 222 Å². The summed E-state index contributed by atoms with van der Waals surface area (Å²) < 4.78 is 48.9. The molecule has 0 bridgehead atoms. The standard InChI is InChI=1S/C16H14N4O3.C15H12N4O3.C15H13NO5.C15H15NO3.C14H11NO5.C7H9BO3.C7H4INO4.C7H5NO4.2ClH.Sn/c1-22-15-6-4-3-5-14(15)11-7-12(16(21)23-2)9-13(8-11)20-10-17-18-19-20;1-22-14-5-3-2-4-13(14)10-6-11(15(20)21)8-12(7-10)19-9-16-17-18-19;1-20-14-6-4-3-5-13(14)10-7-11(15(17)21-2)9-12(8-10)16(18)19;1-18-14-6-4-3-5-13(14)10-7-11(15(17)19-2)9-12(16)8-10;1-20-13-5-3-2-4-12(13)9-6-10(14(16)17)8-11(7-9)15(18)19;1-11-7-5-3-2-4-6(7)8(9)10;8-5-1-4(7(10)11)2-6(3-5)9(12)13;9-7(10)5-2-1-3-6(4-5)8(11)12;;;/h3-10H,1-2H3;2-9H,1H3,(H,20,21);3-9H,1-2H3;3-9H,16H2,1-2H3;2-8H,1H3,(H,16,17);2-5,9-10H,1H3;1-3H,(H,10,11);1-4H,(H,9,10);2*1H;/q;;;;;;;;;;+2/p-2. The summed E-state index contributed by atoms with van der Waals surface area (Å²) in [5.74, 6) is -2.39. The number of tetrazole rings is 2. The molecule has 2 radical (unpaired) electrons. The predicted molar refractivity (Wildman–Crippen MR) is 536 cm³/mol. The van der Waals surface area contributed by atoms with Crippen LogP contribution in [0.25, 0.3) is 67.0 Å². The molecule has 0 unspecified atom stereocenters. The van der Waals surface area contributed by atoms with Crippen molar-refractivity contribution in [1.82, 2.24) is 40.4 Å². The molecule has 0 saturated heterocycles. The summed E-state index contributed by atoms with van der Waals surface area (Å²) >= 11 is 1.00. The first-order valence-electron chi connectivity index (χ1n) is 40.7. The maximum atomic E-state index is 12.0. The Balaban J connectivity index is 0.000000225. The Morgan fingerprint density at radius 3 is 0.938 bits per heavy atom. The van der Waals surface area contributed by atoms with E-state index in [-0.39, 0.29) is 50.6 Å². The quantitative estimate of drug-likeness (QED) is 0.00531. The van der Waals surface area contributed by atoms with Gasteiger partial charge in [0.15, 0.2) is 0 Å². The molecule has 0 aliphatic carbocycles. The van der Waals surface area contributed by atoms with Crippen LogP contribution in [0.2, 0.25) is 0 Å². The molecule has 8 N–H and O–H groups in total. The van der Waals surface area contributed by atoms with E-state index in [2.05, 4.69) is 35.8 Å². The Hall–Kier alpha value is -17.4. The Labute approximate surface area is 848 Å². The third-order valence-corrected chi connectivity index (χ3v) is 19.8. The van der Waals surface area contributed by atoms with Crippen molar-refractivity contribution >= 4 is 142 Å². The third-order valence-electron chi connectivity index (χ3n) is 19.2. The molecular formula is C96H83BCl2IN13O30Sn. The molecule has 15 aromatic rings. The zero-order chi connectivity index (χ0) is 106. The number of carboxylic acids is 4. The van der Waals surface area contributed by atoms with Gasteiger partial charge in [0.05, 0.1) is 134 Å². The van der Waals surface area contributed by atoms with E-state index in [0.717, 1.165) is 51.8 Å². The van der Waals surface area contributed by atoms with E-state index in [1.807, 2.05) is 101 Å². The van der Waals surface area contributed by atoms with Gasteiger partial charge in [-0.3, -0.25) is 40.5 Å². The second-order valence-electron chi connectivity index (χ2n) is 28.1. The molecule has 144 heavy (non-hydrogen) atoms. The number of nitrogens with zero attached hydrogens (tertiary/aromatic N) is 12. The molecule has 13 aromatic carbocycles. The summed E-state index contributed by atoms with van der Waals surface area (Å²) in [7, 11) is 21.6. The predicted octanol–water partition coefficient (Wildman–Crippen LogP) is 16.5. The van der Waals surface area contributed by atoms with Gasteiger partial charge in [-0.25, -0.2) is 42.9 Å². The SMILES string of the molecule is COC(=O)c1cc(-c2ccccc2OC)cc(-n2cnnn2)c1.COC(=O)c1cc(-c2ccccc2OC)cc([N+](=O)[O-])c1.COC(=O)c1cc(N)cc(-c2ccccc2OC)c1.COc1ccccc1-c1cc(C(=O)O)cc(-n2cnnn2)c1.COc1ccccc1-c1cc(C(=O)O)cc([N+](=O)[O-])c1.COc1ccccc1B(O)O.O=C(O)c1cc(I)cc([N+](=O)[O-])c1.O=C(O)c1cccc([N+](=O)[O-])c1.[Cl][Sn][Cl]. The van der Waals surface area contributed by atoms with Crippen molar-refractivity contribution in [3.63, 3.8) is 0 Å². The van der Waals surface area contributed by atoms with Gasteiger partial charge >= 0.3 is 85.6 Å². The van der Waals surface area contributed by atoms with Crippen LogP contribution in [0.5, 0.6) is 34.5 Å². The molecule has 0 amide bonds. The number of esters is 3. The number of nitro benzene ring substituents is 4. The Morgan fingerprint density at radius 2 is 0.618 bits per heavy atom. The molecule has 15 rings (SSSR count). The monoisotopic (exact) mass is 2230 g/mol. The van der Waals surface area contributed by atoms with Crippen LogP contribution >= 0.6 is 40.4 Å². The number of aromatic carboxylic acids is 4. The number of hydrogen-bond acceptors (Lipinski definition) is 33. The summed E-state index contributed by atoms with van der Waals surface area (Å²) in [5.41, 5.74) is 14.9. The molecule has 0 spiro atoms. The zero-order valence-corrected chi connectivity index (χ0v) is 83.4. The molecule has 0 fully saturated rings. The minimum atomic E-state index is -1.47. The normalized spacial score (nSPS) is 9.90.